The van der Waals surface area contributed by atoms with E-state index in [9.17, 15) is 4.79 Å². The van der Waals surface area contributed by atoms with Crippen molar-refractivity contribution in [3.8, 4) is 5.69 Å². The Kier molecular flexibility index (Phi) is 7.07. The monoisotopic (exact) mass is 434 g/mol. The van der Waals surface area contributed by atoms with Gasteiger partial charge >= 0.3 is 0 Å². The van der Waals surface area contributed by atoms with Gasteiger partial charge in [-0.25, -0.2) is 0 Å². The highest BCUT2D eigenvalue weighted by Crippen LogP contribution is 2.25. The molecule has 162 valence electrons. The normalized spacial score (nSPS) is 14.5. The lowest BCUT2D eigenvalue weighted by Gasteiger charge is -2.20. The Balaban J connectivity index is 1.59. The molecule has 2 heterocycles. The van der Waals surface area contributed by atoms with Crippen molar-refractivity contribution in [3.63, 3.8) is 0 Å². The quantitative estimate of drug-likeness (QED) is 0.514. The molecular formula is C25H30N4OS. The zero-order valence-electron chi connectivity index (χ0n) is 18.4. The molecule has 1 saturated heterocycles. The Morgan fingerprint density at radius 1 is 0.935 bits per heavy atom. The molecule has 0 aliphatic carbocycles. The Labute approximate surface area is 188 Å². The van der Waals surface area contributed by atoms with E-state index in [1.165, 1.54) is 41.3 Å². The predicted molar refractivity (Wildman–Crippen MR) is 126 cm³/mol. The van der Waals surface area contributed by atoms with Crippen LogP contribution in [0.4, 0.5) is 0 Å². The minimum Gasteiger partial charge on any atom is -0.342 e. The summed E-state index contributed by atoms with van der Waals surface area (Å²) in [6.07, 6.45) is 5.36. The molecule has 6 heteroatoms. The maximum absolute atomic E-state index is 12.8. The second-order valence-corrected chi connectivity index (χ2v) is 9.19. The van der Waals surface area contributed by atoms with E-state index in [0.717, 1.165) is 42.6 Å². The van der Waals surface area contributed by atoms with Crippen LogP contribution in [-0.2, 0) is 11.2 Å². The second-order valence-electron chi connectivity index (χ2n) is 8.25. The second kappa shape index (κ2) is 10.1. The van der Waals surface area contributed by atoms with Gasteiger partial charge < -0.3 is 4.90 Å². The Hall–Kier alpha value is -2.60. The van der Waals surface area contributed by atoms with Crippen molar-refractivity contribution in [1.82, 2.24) is 19.7 Å². The van der Waals surface area contributed by atoms with E-state index >= 15 is 0 Å². The van der Waals surface area contributed by atoms with Crippen molar-refractivity contribution < 1.29 is 4.79 Å². The van der Waals surface area contributed by atoms with Gasteiger partial charge in [0.15, 0.2) is 5.16 Å². The van der Waals surface area contributed by atoms with Crippen LogP contribution in [0.1, 0.15) is 48.2 Å². The fraction of sp³-hybridized carbons (Fsp3) is 0.400. The zero-order valence-corrected chi connectivity index (χ0v) is 19.2. The molecule has 0 bridgehead atoms. The molecule has 3 aromatic rings. The van der Waals surface area contributed by atoms with Crippen LogP contribution in [0.2, 0.25) is 0 Å². The summed E-state index contributed by atoms with van der Waals surface area (Å²) in [5.41, 5.74) is 4.72. The molecule has 1 fully saturated rings. The Morgan fingerprint density at radius 2 is 1.68 bits per heavy atom. The van der Waals surface area contributed by atoms with E-state index in [-0.39, 0.29) is 5.91 Å². The Morgan fingerprint density at radius 3 is 2.39 bits per heavy atom. The molecular weight excluding hydrogens is 404 g/mol. The van der Waals surface area contributed by atoms with Crippen LogP contribution < -0.4 is 0 Å². The average molecular weight is 435 g/mol. The van der Waals surface area contributed by atoms with Gasteiger partial charge in [0.25, 0.3) is 0 Å². The number of carbonyl (C=O) groups is 1. The number of aryl methyl sites for hydroxylation is 2. The van der Waals surface area contributed by atoms with Crippen molar-refractivity contribution in [2.24, 2.45) is 0 Å². The third-order valence-electron chi connectivity index (χ3n) is 5.94. The average Bonchev–Trinajstić information content (AvgIpc) is 2.98. The predicted octanol–water partition coefficient (Wildman–Crippen LogP) is 4.97. The van der Waals surface area contributed by atoms with E-state index < -0.39 is 0 Å². The number of hydrogen-bond acceptors (Lipinski definition) is 4. The van der Waals surface area contributed by atoms with E-state index in [2.05, 4.69) is 58.9 Å². The summed E-state index contributed by atoms with van der Waals surface area (Å²) in [5.74, 6) is 1.49. The first kappa shape index (κ1) is 21.6. The minimum absolute atomic E-state index is 0.200. The summed E-state index contributed by atoms with van der Waals surface area (Å²) in [6, 6.07) is 16.7. The molecule has 0 atom stereocenters. The van der Waals surface area contributed by atoms with Crippen LogP contribution in [0.25, 0.3) is 5.69 Å². The summed E-state index contributed by atoms with van der Waals surface area (Å²) < 4.78 is 2.11. The van der Waals surface area contributed by atoms with Gasteiger partial charge in [0, 0.05) is 25.2 Å². The van der Waals surface area contributed by atoms with Gasteiger partial charge in [-0.3, -0.25) is 9.36 Å². The third-order valence-corrected chi connectivity index (χ3v) is 6.85. The topological polar surface area (TPSA) is 51.0 Å². The lowest BCUT2D eigenvalue weighted by molar-refractivity contribution is -0.128. The van der Waals surface area contributed by atoms with E-state index in [4.69, 9.17) is 0 Å². The molecule has 0 spiro atoms. The number of likely N-dealkylation sites (tertiary alicyclic amines) is 1. The van der Waals surface area contributed by atoms with Crippen molar-refractivity contribution >= 4 is 17.7 Å². The van der Waals surface area contributed by atoms with Crippen LogP contribution in [-0.4, -0.2) is 44.4 Å². The summed E-state index contributed by atoms with van der Waals surface area (Å²) in [7, 11) is 0. The molecule has 1 aromatic heterocycles. The molecule has 1 aliphatic rings. The van der Waals surface area contributed by atoms with Crippen LogP contribution >= 0.6 is 11.8 Å². The number of benzene rings is 2. The first-order valence-electron chi connectivity index (χ1n) is 11.1. The minimum atomic E-state index is 0.200. The van der Waals surface area contributed by atoms with Crippen LogP contribution in [0.5, 0.6) is 0 Å². The molecule has 1 aliphatic heterocycles. The molecule has 0 unspecified atom stereocenters. The molecule has 2 aromatic carbocycles. The van der Waals surface area contributed by atoms with Crippen LogP contribution in [0, 0.1) is 13.8 Å². The number of carbonyl (C=O) groups excluding carboxylic acids is 1. The van der Waals surface area contributed by atoms with Crippen molar-refractivity contribution in [1.29, 1.82) is 0 Å². The van der Waals surface area contributed by atoms with E-state index in [1.807, 2.05) is 23.1 Å². The molecule has 0 saturated carbocycles. The fourth-order valence-electron chi connectivity index (χ4n) is 3.95. The molecule has 1 amide bonds. The largest absolute Gasteiger partial charge is 0.342 e. The number of hydrogen-bond donors (Lipinski definition) is 0. The van der Waals surface area contributed by atoms with Crippen molar-refractivity contribution in [2.75, 3.05) is 18.8 Å². The molecule has 31 heavy (non-hydrogen) atoms. The van der Waals surface area contributed by atoms with Crippen LogP contribution in [0.3, 0.4) is 0 Å². The zero-order chi connectivity index (χ0) is 21.6. The van der Waals surface area contributed by atoms with E-state index in [0.29, 0.717) is 12.2 Å². The maximum atomic E-state index is 12.8. The first-order chi connectivity index (χ1) is 15.1. The highest BCUT2D eigenvalue weighted by molar-refractivity contribution is 7.99. The smallest absolute Gasteiger partial charge is 0.233 e. The number of nitrogens with zero attached hydrogens (tertiary/aromatic N) is 4. The number of rotatable bonds is 6. The highest BCUT2D eigenvalue weighted by Gasteiger charge is 2.20. The van der Waals surface area contributed by atoms with Crippen molar-refractivity contribution in [3.05, 3.63) is 71.0 Å². The van der Waals surface area contributed by atoms with Gasteiger partial charge in [-0.2, -0.15) is 0 Å². The third kappa shape index (κ3) is 5.37. The lowest BCUT2D eigenvalue weighted by atomic mass is 10.1. The standard InChI is InChI=1S/C25H30N4OS/c1-19-12-13-22(16-20(19)2)29-23(17-21-10-6-5-7-11-21)26-27-25(29)31-18-24(30)28-14-8-3-4-9-15-28/h5-7,10-13,16H,3-4,8-9,14-15,17-18H2,1-2H3. The highest BCUT2D eigenvalue weighted by atomic mass is 32.2. The molecule has 0 radical (unpaired) electrons. The SMILES string of the molecule is Cc1ccc(-n2c(Cc3ccccc3)nnc2SCC(=O)N2CCCCCC2)cc1C. The first-order valence-corrected chi connectivity index (χ1v) is 12.1. The Bertz CT molecular complexity index is 1020. The number of thioether (sulfide) groups is 1. The number of amides is 1. The van der Waals surface area contributed by atoms with Gasteiger partial charge in [0.1, 0.15) is 5.82 Å². The molecule has 4 rings (SSSR count). The summed E-state index contributed by atoms with van der Waals surface area (Å²) in [4.78, 5) is 14.8. The summed E-state index contributed by atoms with van der Waals surface area (Å²) in [5, 5.41) is 9.77. The lowest BCUT2D eigenvalue weighted by Crippen LogP contribution is -2.33. The molecule has 5 nitrogen and oxygen atoms in total. The molecule has 0 N–H and O–H groups in total. The van der Waals surface area contributed by atoms with Gasteiger partial charge in [-0.15, -0.1) is 10.2 Å². The van der Waals surface area contributed by atoms with Gasteiger partial charge in [0.05, 0.1) is 5.75 Å². The van der Waals surface area contributed by atoms with E-state index in [1.54, 1.807) is 0 Å². The van der Waals surface area contributed by atoms with Gasteiger partial charge in [-0.1, -0.05) is 61.0 Å². The van der Waals surface area contributed by atoms with Crippen molar-refractivity contribution in [2.45, 2.75) is 51.1 Å². The van der Waals surface area contributed by atoms with Gasteiger partial charge in [0.2, 0.25) is 5.91 Å². The van der Waals surface area contributed by atoms with Gasteiger partial charge in [-0.05, 0) is 55.5 Å². The maximum Gasteiger partial charge on any atom is 0.233 e. The number of aromatic nitrogens is 3. The fourth-order valence-corrected chi connectivity index (χ4v) is 4.82. The van der Waals surface area contributed by atoms with Crippen LogP contribution in [0.15, 0.2) is 53.7 Å². The summed E-state index contributed by atoms with van der Waals surface area (Å²) >= 11 is 1.49. The summed E-state index contributed by atoms with van der Waals surface area (Å²) in [6.45, 7) is 5.99.